The monoisotopic (exact) mass is 1190 g/mol. The number of esters is 2. The number of benzene rings is 7. The van der Waals surface area contributed by atoms with Gasteiger partial charge in [0, 0.05) is 46.3 Å². The van der Waals surface area contributed by atoms with Gasteiger partial charge in [0.25, 0.3) is 0 Å². The van der Waals surface area contributed by atoms with Gasteiger partial charge < -0.3 is 23.8 Å². The predicted octanol–water partition coefficient (Wildman–Crippen LogP) is 19.7. The Bertz CT molecular complexity index is 3720. The van der Waals surface area contributed by atoms with Crippen LogP contribution in [-0.2, 0) is 28.2 Å². The van der Waals surface area contributed by atoms with Crippen LogP contribution in [0.1, 0.15) is 166 Å². The third kappa shape index (κ3) is 11.6. The minimum atomic E-state index is -5.20. The van der Waals surface area contributed by atoms with E-state index in [1.807, 2.05) is 36.4 Å². The molecule has 87 heavy (non-hydrogen) atoms. The first-order valence-electron chi connectivity index (χ1n) is 30.9. The quantitative estimate of drug-likeness (QED) is 0.0465. The fourth-order valence-corrected chi connectivity index (χ4v) is 14.9. The number of carbonyl (C=O) groups is 2. The number of hydrogen-bond acceptors (Lipinski definition) is 7. The standard InChI is InChI=1S/C73H72F7NO6/c1-5-6-8-11-44-12-14-45(15-13-44)46-16-20-49(21-17-46)68(82)85-56-34-24-48(25-35-56)47-18-22-50(23-19-47)69(83)86-63-42-58-59(43-62(63)84-4)67-57(66-64(58)60-40-53(72(75,76)77)41-61(73(78,79)80)65(60)70(66,2)3)36-37-71(87-67,51-26-30-54(74)31-27-51)52-28-32-55(33-29-52)81-38-9-7-10-39-81/h18-19,22-37,40-46,49H,5-17,20-21,38-39H2,1-4H3/t44-,45-,46-,49-,71?. The van der Waals surface area contributed by atoms with Crippen molar-refractivity contribution in [3.8, 4) is 45.3 Å². The van der Waals surface area contributed by atoms with E-state index in [-0.39, 0.29) is 73.8 Å². The molecule has 0 radical (unpaired) electrons. The van der Waals surface area contributed by atoms with Crippen LogP contribution >= 0.6 is 0 Å². The van der Waals surface area contributed by atoms with Crippen LogP contribution in [0, 0.1) is 29.5 Å². The molecule has 12 rings (SSSR count). The van der Waals surface area contributed by atoms with Crippen molar-refractivity contribution in [3.05, 3.63) is 178 Å². The van der Waals surface area contributed by atoms with Gasteiger partial charge in [-0.2, -0.15) is 26.3 Å². The summed E-state index contributed by atoms with van der Waals surface area (Å²) in [4.78, 5) is 30.0. The van der Waals surface area contributed by atoms with Crippen LogP contribution in [0.4, 0.5) is 36.4 Å². The fourth-order valence-electron chi connectivity index (χ4n) is 14.9. The predicted molar refractivity (Wildman–Crippen MR) is 325 cm³/mol. The maximum absolute atomic E-state index is 15.3. The molecule has 14 heteroatoms. The van der Waals surface area contributed by atoms with Crippen molar-refractivity contribution in [2.75, 3.05) is 25.1 Å². The number of unbranched alkanes of at least 4 members (excludes halogenated alkanes) is 2. The summed E-state index contributed by atoms with van der Waals surface area (Å²) in [6.07, 6.45) is 10.8. The zero-order valence-corrected chi connectivity index (χ0v) is 49.6. The largest absolute Gasteiger partial charge is 0.493 e. The number of halogens is 7. The van der Waals surface area contributed by atoms with E-state index in [0.29, 0.717) is 28.4 Å². The van der Waals surface area contributed by atoms with Crippen molar-refractivity contribution in [2.45, 2.75) is 140 Å². The number of alkyl halides is 6. The maximum atomic E-state index is 15.3. The lowest BCUT2D eigenvalue weighted by molar-refractivity contribution is -0.144. The number of piperidine rings is 1. The molecule has 7 aromatic rings. The van der Waals surface area contributed by atoms with Crippen LogP contribution in [0.15, 0.2) is 127 Å². The van der Waals surface area contributed by atoms with Crippen LogP contribution < -0.4 is 23.8 Å². The minimum absolute atomic E-state index is 0.0162. The number of carbonyl (C=O) groups excluding carboxylic acids is 2. The van der Waals surface area contributed by atoms with Gasteiger partial charge in [0.2, 0.25) is 0 Å². The van der Waals surface area contributed by atoms with Gasteiger partial charge in [-0.15, -0.1) is 0 Å². The molecule has 3 fully saturated rings. The van der Waals surface area contributed by atoms with Gasteiger partial charge >= 0.3 is 24.3 Å². The van der Waals surface area contributed by atoms with E-state index >= 15 is 13.2 Å². The summed E-state index contributed by atoms with van der Waals surface area (Å²) in [5.41, 5.74) is -2.13. The molecule has 0 bridgehead atoms. The summed E-state index contributed by atoms with van der Waals surface area (Å²) in [7, 11) is 1.35. The minimum Gasteiger partial charge on any atom is -0.493 e. The highest BCUT2D eigenvalue weighted by Crippen LogP contribution is 2.62. The van der Waals surface area contributed by atoms with Gasteiger partial charge in [0.05, 0.1) is 29.7 Å². The van der Waals surface area contributed by atoms with Crippen molar-refractivity contribution >= 4 is 34.5 Å². The van der Waals surface area contributed by atoms with E-state index in [4.69, 9.17) is 18.9 Å². The Morgan fingerprint density at radius 2 is 1.26 bits per heavy atom. The van der Waals surface area contributed by atoms with E-state index in [0.717, 1.165) is 92.8 Å². The Balaban J connectivity index is 0.843. The first-order chi connectivity index (χ1) is 41.7. The van der Waals surface area contributed by atoms with E-state index in [2.05, 4.69) is 11.8 Å². The highest BCUT2D eigenvalue weighted by atomic mass is 19.4. The van der Waals surface area contributed by atoms with Crippen LogP contribution in [0.2, 0.25) is 0 Å². The molecule has 1 saturated heterocycles. The van der Waals surface area contributed by atoms with Crippen LogP contribution in [0.5, 0.6) is 23.0 Å². The number of hydrogen-bond donors (Lipinski definition) is 0. The van der Waals surface area contributed by atoms with Gasteiger partial charge in [0.1, 0.15) is 17.3 Å². The number of anilines is 1. The van der Waals surface area contributed by atoms with Crippen LogP contribution in [0.25, 0.3) is 39.1 Å². The second-order valence-electron chi connectivity index (χ2n) is 25.2. The zero-order chi connectivity index (χ0) is 61.0. The highest BCUT2D eigenvalue weighted by molar-refractivity contribution is 6.10. The number of fused-ring (bicyclic) bond motifs is 8. The molecule has 3 aliphatic carbocycles. The lowest BCUT2D eigenvalue weighted by atomic mass is 9.68. The van der Waals surface area contributed by atoms with Crippen molar-refractivity contribution in [1.82, 2.24) is 0 Å². The molecule has 2 aliphatic heterocycles. The number of methoxy groups -OCH3 is 1. The average Bonchev–Trinajstić information content (AvgIpc) is 1.60. The van der Waals surface area contributed by atoms with Crippen LogP contribution in [0.3, 0.4) is 0 Å². The molecule has 0 spiro atoms. The molecule has 7 nitrogen and oxygen atoms in total. The maximum Gasteiger partial charge on any atom is 0.416 e. The molecule has 0 amide bonds. The Morgan fingerprint density at radius 3 is 1.87 bits per heavy atom. The van der Waals surface area contributed by atoms with Crippen LogP contribution in [-0.4, -0.2) is 32.1 Å². The van der Waals surface area contributed by atoms with Crippen molar-refractivity contribution in [2.24, 2.45) is 23.7 Å². The van der Waals surface area contributed by atoms with E-state index in [9.17, 15) is 27.2 Å². The third-order valence-electron chi connectivity index (χ3n) is 19.5. The topological polar surface area (TPSA) is 74.3 Å². The molecule has 1 unspecified atom stereocenters. The van der Waals surface area contributed by atoms with E-state index in [1.165, 1.54) is 82.7 Å². The van der Waals surface area contributed by atoms with Crippen molar-refractivity contribution in [3.63, 3.8) is 0 Å². The molecule has 7 aromatic carbocycles. The van der Waals surface area contributed by atoms with E-state index < -0.39 is 46.3 Å². The number of rotatable bonds is 14. The highest BCUT2D eigenvalue weighted by Gasteiger charge is 2.51. The average molecular weight is 1190 g/mol. The van der Waals surface area contributed by atoms with Gasteiger partial charge in [-0.05, 0) is 193 Å². The normalized spacial score (nSPS) is 21.6. The van der Waals surface area contributed by atoms with Gasteiger partial charge in [-0.3, -0.25) is 4.79 Å². The smallest absolute Gasteiger partial charge is 0.416 e. The third-order valence-corrected chi connectivity index (χ3v) is 19.5. The van der Waals surface area contributed by atoms with Crippen molar-refractivity contribution in [1.29, 1.82) is 0 Å². The summed E-state index contributed by atoms with van der Waals surface area (Å²) < 4.78 is 131. The van der Waals surface area contributed by atoms with E-state index in [1.54, 1.807) is 74.5 Å². The second kappa shape index (κ2) is 23.8. The summed E-state index contributed by atoms with van der Waals surface area (Å²) in [6, 6.07) is 31.3. The van der Waals surface area contributed by atoms with Crippen molar-refractivity contribution < 1.29 is 59.3 Å². The SMILES string of the molecule is CCCCC[C@H]1CC[C@H]([C@H]2CC[C@H](C(=O)Oc3ccc(-c4ccc(C(=O)Oc5cc6c7c(c8c(c6cc5OC)OC(c5ccc(F)cc5)(c5ccc(N6CCCCC6)cc5)C=C8)C(C)(C)c5c-7cc(C(F)(F)F)cc5C(F)(F)F)cc4)cc3)CC2)CC1. The summed E-state index contributed by atoms with van der Waals surface area (Å²) >= 11 is 0. The Labute approximate surface area is 503 Å². The van der Waals surface area contributed by atoms with Gasteiger partial charge in [0.15, 0.2) is 17.1 Å². The fraction of sp³-hybridized carbons (Fsp3) is 0.397. The molecular weight excluding hydrogens is 1120 g/mol. The lowest BCUT2D eigenvalue weighted by Crippen LogP contribution is -2.35. The molecule has 0 aromatic heterocycles. The molecule has 454 valence electrons. The molecular formula is C73H72F7NO6. The number of ether oxygens (including phenoxy) is 4. The Morgan fingerprint density at radius 1 is 0.655 bits per heavy atom. The Hall–Kier alpha value is -7.61. The first-order valence-corrected chi connectivity index (χ1v) is 30.9. The molecule has 1 atom stereocenters. The lowest BCUT2D eigenvalue weighted by Gasteiger charge is -2.39. The molecule has 0 N–H and O–H groups in total. The summed E-state index contributed by atoms with van der Waals surface area (Å²) in [5, 5.41) is 0.372. The zero-order valence-electron chi connectivity index (χ0n) is 49.6. The first kappa shape index (κ1) is 59.7. The Kier molecular flexibility index (Phi) is 16.3. The van der Waals surface area contributed by atoms with Gasteiger partial charge in [-0.25, -0.2) is 9.18 Å². The molecule has 2 heterocycles. The molecule has 2 saturated carbocycles. The number of nitrogens with zero attached hydrogens (tertiary/aromatic N) is 1. The summed E-state index contributed by atoms with van der Waals surface area (Å²) in [6.45, 7) is 7.14. The second-order valence-corrected chi connectivity index (χ2v) is 25.2. The van der Waals surface area contributed by atoms with Gasteiger partial charge in [-0.1, -0.05) is 114 Å². The molecule has 5 aliphatic rings. The summed E-state index contributed by atoms with van der Waals surface area (Å²) in [5.74, 6) is 1.16.